The largest absolute Gasteiger partial charge is 0.367 e. The van der Waals surface area contributed by atoms with E-state index in [0.717, 1.165) is 16.6 Å². The van der Waals surface area contributed by atoms with Gasteiger partial charge in [-0.2, -0.15) is 10.5 Å². The van der Waals surface area contributed by atoms with Gasteiger partial charge in [0.25, 0.3) is 0 Å². The molecule has 4 heteroatoms. The molecule has 0 aliphatic rings. The maximum atomic E-state index is 9.24. The number of alkyl halides is 1. The number of benzene rings is 1. The molecule has 0 N–H and O–H groups in total. The molecule has 94 valence electrons. The number of nitrogens with zero attached hydrogens (tertiary/aromatic N) is 3. The second-order valence-electron chi connectivity index (χ2n) is 4.29. The van der Waals surface area contributed by atoms with E-state index in [1.165, 1.54) is 0 Å². The van der Waals surface area contributed by atoms with Crippen LogP contribution >= 0.6 is 15.9 Å². The molecule has 0 amide bonds. The van der Waals surface area contributed by atoms with Crippen LogP contribution in [0.2, 0.25) is 0 Å². The van der Waals surface area contributed by atoms with Gasteiger partial charge in [0.15, 0.2) is 0 Å². The lowest BCUT2D eigenvalue weighted by Crippen LogP contribution is -2.32. The lowest BCUT2D eigenvalue weighted by atomic mass is 10.1. The average Bonchev–Trinajstić information content (AvgIpc) is 2.38. The highest BCUT2D eigenvalue weighted by Crippen LogP contribution is 2.24. The molecule has 1 aromatic rings. The van der Waals surface area contributed by atoms with Crippen LogP contribution in [0.25, 0.3) is 0 Å². The molecule has 0 aliphatic carbocycles. The fourth-order valence-electron chi connectivity index (χ4n) is 1.83. The van der Waals surface area contributed by atoms with Crippen molar-refractivity contribution in [3.8, 4) is 12.1 Å². The zero-order valence-electron chi connectivity index (χ0n) is 10.7. The van der Waals surface area contributed by atoms with Crippen LogP contribution < -0.4 is 4.90 Å². The highest BCUT2D eigenvalue weighted by atomic mass is 79.9. The van der Waals surface area contributed by atoms with E-state index >= 15 is 0 Å². The Morgan fingerprint density at radius 2 is 2.06 bits per heavy atom. The summed E-state index contributed by atoms with van der Waals surface area (Å²) in [5, 5.41) is 18.7. The first-order valence-electron chi connectivity index (χ1n) is 5.86. The zero-order chi connectivity index (χ0) is 13.5. The van der Waals surface area contributed by atoms with E-state index in [9.17, 15) is 5.26 Å². The summed E-state index contributed by atoms with van der Waals surface area (Å²) in [5.41, 5.74) is 2.66. The Balaban J connectivity index is 3.12. The van der Waals surface area contributed by atoms with Gasteiger partial charge in [0.2, 0.25) is 0 Å². The van der Waals surface area contributed by atoms with Gasteiger partial charge in [-0.3, -0.25) is 0 Å². The van der Waals surface area contributed by atoms with Crippen LogP contribution in [0, 0.1) is 22.7 Å². The number of anilines is 1. The first-order chi connectivity index (χ1) is 8.63. The molecule has 0 aromatic heterocycles. The van der Waals surface area contributed by atoms with E-state index < -0.39 is 0 Å². The zero-order valence-corrected chi connectivity index (χ0v) is 12.2. The third-order valence-electron chi connectivity index (χ3n) is 2.73. The van der Waals surface area contributed by atoms with E-state index in [2.05, 4.69) is 46.8 Å². The van der Waals surface area contributed by atoms with Gasteiger partial charge in [0, 0.05) is 17.9 Å². The van der Waals surface area contributed by atoms with Crippen molar-refractivity contribution in [2.75, 3.05) is 11.4 Å². The Morgan fingerprint density at radius 1 is 1.33 bits per heavy atom. The first kappa shape index (κ1) is 14.5. The predicted molar refractivity (Wildman–Crippen MR) is 76.5 cm³/mol. The predicted octanol–water partition coefficient (Wildman–Crippen LogP) is 3.58. The average molecular weight is 306 g/mol. The highest BCUT2D eigenvalue weighted by Gasteiger charge is 2.14. The van der Waals surface area contributed by atoms with Crippen molar-refractivity contribution < 1.29 is 0 Å². The minimum Gasteiger partial charge on any atom is -0.367 e. The smallest absolute Gasteiger partial charge is 0.101 e. The van der Waals surface area contributed by atoms with Gasteiger partial charge in [0.1, 0.15) is 6.07 Å². The third-order valence-corrected chi connectivity index (χ3v) is 3.38. The molecule has 0 radical (unpaired) electrons. The molecule has 0 fully saturated rings. The molecular formula is C14H16BrN3. The van der Waals surface area contributed by atoms with Crippen LogP contribution in [-0.4, -0.2) is 12.6 Å². The maximum Gasteiger partial charge on any atom is 0.101 e. The number of hydrogen-bond donors (Lipinski definition) is 0. The van der Waals surface area contributed by atoms with Crippen LogP contribution in [0.15, 0.2) is 18.2 Å². The topological polar surface area (TPSA) is 50.8 Å². The van der Waals surface area contributed by atoms with Crippen molar-refractivity contribution in [3.05, 3.63) is 29.3 Å². The van der Waals surface area contributed by atoms with E-state index in [-0.39, 0.29) is 6.04 Å². The van der Waals surface area contributed by atoms with Gasteiger partial charge in [-0.25, -0.2) is 0 Å². The van der Waals surface area contributed by atoms with E-state index in [0.29, 0.717) is 18.5 Å². The van der Waals surface area contributed by atoms with Gasteiger partial charge in [-0.05, 0) is 31.5 Å². The molecular weight excluding hydrogens is 290 g/mol. The second-order valence-corrected chi connectivity index (χ2v) is 4.85. The second kappa shape index (κ2) is 7.03. The number of hydrogen-bond acceptors (Lipinski definition) is 3. The normalized spacial score (nSPS) is 9.89. The standard InChI is InChI=1S/C14H16BrN3/c1-11(2)18(7-3-6-16)14-5-4-12(9-15)8-13(14)10-17/h4-5,8,11H,3,7,9H2,1-2H3. The molecule has 0 atom stereocenters. The summed E-state index contributed by atoms with van der Waals surface area (Å²) in [6.45, 7) is 4.78. The number of nitriles is 2. The summed E-state index contributed by atoms with van der Waals surface area (Å²) in [4.78, 5) is 2.10. The Hall–Kier alpha value is -1.52. The van der Waals surface area contributed by atoms with Gasteiger partial charge in [-0.1, -0.05) is 22.0 Å². The Labute approximate surface area is 117 Å². The molecule has 0 saturated carbocycles. The summed E-state index contributed by atoms with van der Waals surface area (Å²) < 4.78 is 0. The minimum absolute atomic E-state index is 0.264. The molecule has 0 aliphatic heterocycles. The van der Waals surface area contributed by atoms with Crippen molar-refractivity contribution in [2.24, 2.45) is 0 Å². The molecule has 1 aromatic carbocycles. The fourth-order valence-corrected chi connectivity index (χ4v) is 2.18. The quantitative estimate of drug-likeness (QED) is 0.781. The molecule has 1 rings (SSSR count). The Kier molecular flexibility index (Phi) is 5.68. The summed E-state index contributed by atoms with van der Waals surface area (Å²) in [6, 6.07) is 10.5. The monoisotopic (exact) mass is 305 g/mol. The number of halogens is 1. The van der Waals surface area contributed by atoms with Crippen LogP contribution in [0.3, 0.4) is 0 Å². The van der Waals surface area contributed by atoms with Crippen LogP contribution in [0.5, 0.6) is 0 Å². The highest BCUT2D eigenvalue weighted by molar-refractivity contribution is 9.08. The van der Waals surface area contributed by atoms with E-state index in [1.54, 1.807) is 0 Å². The molecule has 0 heterocycles. The minimum atomic E-state index is 0.264. The molecule has 0 spiro atoms. The van der Waals surface area contributed by atoms with Crippen LogP contribution in [0.4, 0.5) is 5.69 Å². The molecule has 0 bridgehead atoms. The molecule has 3 nitrogen and oxygen atoms in total. The van der Waals surface area contributed by atoms with Crippen molar-refractivity contribution in [1.82, 2.24) is 0 Å². The summed E-state index contributed by atoms with van der Waals surface area (Å²) in [7, 11) is 0. The fraction of sp³-hybridized carbons (Fsp3) is 0.429. The molecule has 18 heavy (non-hydrogen) atoms. The summed E-state index contributed by atoms with van der Waals surface area (Å²) >= 11 is 3.39. The van der Waals surface area contributed by atoms with Crippen molar-refractivity contribution in [3.63, 3.8) is 0 Å². The van der Waals surface area contributed by atoms with Crippen LogP contribution in [-0.2, 0) is 5.33 Å². The van der Waals surface area contributed by atoms with Gasteiger partial charge >= 0.3 is 0 Å². The van der Waals surface area contributed by atoms with Gasteiger partial charge in [-0.15, -0.1) is 0 Å². The third kappa shape index (κ3) is 3.48. The number of rotatable bonds is 5. The van der Waals surface area contributed by atoms with E-state index in [1.807, 2.05) is 18.2 Å². The lowest BCUT2D eigenvalue weighted by Gasteiger charge is -2.29. The summed E-state index contributed by atoms with van der Waals surface area (Å²) in [6.07, 6.45) is 0.462. The molecule has 0 saturated heterocycles. The summed E-state index contributed by atoms with van der Waals surface area (Å²) in [5.74, 6) is 0. The van der Waals surface area contributed by atoms with Crippen molar-refractivity contribution in [1.29, 1.82) is 10.5 Å². The molecule has 0 unspecified atom stereocenters. The van der Waals surface area contributed by atoms with Crippen LogP contribution in [0.1, 0.15) is 31.4 Å². The van der Waals surface area contributed by atoms with Gasteiger partial charge in [0.05, 0.1) is 23.7 Å². The first-order valence-corrected chi connectivity index (χ1v) is 6.98. The lowest BCUT2D eigenvalue weighted by molar-refractivity contribution is 0.686. The van der Waals surface area contributed by atoms with Crippen molar-refractivity contribution >= 4 is 21.6 Å². The Morgan fingerprint density at radius 3 is 2.56 bits per heavy atom. The maximum absolute atomic E-state index is 9.24. The van der Waals surface area contributed by atoms with Gasteiger partial charge < -0.3 is 4.90 Å². The van der Waals surface area contributed by atoms with Crippen molar-refractivity contribution in [2.45, 2.75) is 31.6 Å². The Bertz CT molecular complexity index is 483. The van der Waals surface area contributed by atoms with E-state index in [4.69, 9.17) is 5.26 Å². The SMILES string of the molecule is CC(C)N(CCC#N)c1ccc(CBr)cc1C#N.